The first-order valence-corrected chi connectivity index (χ1v) is 8.96. The SMILES string of the molecule is CC(N)CCC(=O)NCc1ccccc1CN1CCCCCC1. The molecular weight excluding hydrogens is 286 g/mol. The summed E-state index contributed by atoms with van der Waals surface area (Å²) in [6.07, 6.45) is 6.56. The number of hydrogen-bond donors (Lipinski definition) is 2. The highest BCUT2D eigenvalue weighted by Crippen LogP contribution is 2.16. The van der Waals surface area contributed by atoms with Crippen molar-refractivity contribution in [2.45, 2.75) is 64.6 Å². The second-order valence-corrected chi connectivity index (χ2v) is 6.75. The van der Waals surface area contributed by atoms with Gasteiger partial charge >= 0.3 is 0 Å². The monoisotopic (exact) mass is 317 g/mol. The number of benzene rings is 1. The third kappa shape index (κ3) is 6.71. The zero-order chi connectivity index (χ0) is 16.5. The zero-order valence-electron chi connectivity index (χ0n) is 14.4. The molecule has 0 saturated carbocycles. The molecule has 23 heavy (non-hydrogen) atoms. The van der Waals surface area contributed by atoms with Gasteiger partial charge in [-0.15, -0.1) is 0 Å². The maximum Gasteiger partial charge on any atom is 0.220 e. The molecule has 2 rings (SSSR count). The molecule has 0 radical (unpaired) electrons. The van der Waals surface area contributed by atoms with Crippen LogP contribution in [0.25, 0.3) is 0 Å². The summed E-state index contributed by atoms with van der Waals surface area (Å²) >= 11 is 0. The van der Waals surface area contributed by atoms with Crippen molar-refractivity contribution in [1.82, 2.24) is 10.2 Å². The van der Waals surface area contributed by atoms with Crippen LogP contribution in [-0.2, 0) is 17.9 Å². The van der Waals surface area contributed by atoms with Crippen LogP contribution in [-0.4, -0.2) is 29.9 Å². The van der Waals surface area contributed by atoms with E-state index in [1.165, 1.54) is 49.9 Å². The standard InChI is InChI=1S/C19H31N3O/c1-16(20)10-11-19(23)21-14-17-8-4-5-9-18(17)15-22-12-6-2-3-7-13-22/h4-5,8-9,16H,2-3,6-7,10-15,20H2,1H3,(H,21,23). The van der Waals surface area contributed by atoms with Gasteiger partial charge in [-0.25, -0.2) is 0 Å². The molecule has 128 valence electrons. The maximum atomic E-state index is 11.9. The fourth-order valence-corrected chi connectivity index (χ4v) is 3.06. The van der Waals surface area contributed by atoms with Gasteiger partial charge in [-0.05, 0) is 50.4 Å². The van der Waals surface area contributed by atoms with Gasteiger partial charge in [0.15, 0.2) is 0 Å². The van der Waals surface area contributed by atoms with E-state index in [1.807, 2.05) is 6.92 Å². The highest BCUT2D eigenvalue weighted by molar-refractivity contribution is 5.75. The Labute approximate surface area is 140 Å². The molecule has 1 aromatic carbocycles. The van der Waals surface area contributed by atoms with Gasteiger partial charge in [0.05, 0.1) is 0 Å². The summed E-state index contributed by atoms with van der Waals surface area (Å²) in [7, 11) is 0. The minimum absolute atomic E-state index is 0.0797. The molecule has 1 aromatic rings. The molecular formula is C19H31N3O. The minimum Gasteiger partial charge on any atom is -0.352 e. The number of nitrogens with two attached hydrogens (primary N) is 1. The molecule has 1 aliphatic rings. The van der Waals surface area contributed by atoms with E-state index in [0.29, 0.717) is 13.0 Å². The van der Waals surface area contributed by atoms with Gasteiger partial charge in [0.2, 0.25) is 5.91 Å². The highest BCUT2D eigenvalue weighted by Gasteiger charge is 2.12. The van der Waals surface area contributed by atoms with E-state index in [2.05, 4.69) is 34.5 Å². The van der Waals surface area contributed by atoms with E-state index in [0.717, 1.165) is 13.0 Å². The van der Waals surface area contributed by atoms with Crippen molar-refractivity contribution in [3.8, 4) is 0 Å². The molecule has 1 aliphatic heterocycles. The van der Waals surface area contributed by atoms with E-state index in [4.69, 9.17) is 5.73 Å². The van der Waals surface area contributed by atoms with Gasteiger partial charge in [-0.2, -0.15) is 0 Å². The third-order valence-electron chi connectivity index (χ3n) is 4.51. The summed E-state index contributed by atoms with van der Waals surface area (Å²) < 4.78 is 0. The largest absolute Gasteiger partial charge is 0.352 e. The molecule has 1 unspecified atom stereocenters. The quantitative estimate of drug-likeness (QED) is 0.813. The molecule has 1 heterocycles. The topological polar surface area (TPSA) is 58.4 Å². The van der Waals surface area contributed by atoms with Crippen molar-refractivity contribution in [2.24, 2.45) is 5.73 Å². The van der Waals surface area contributed by atoms with Crippen LogP contribution in [0.15, 0.2) is 24.3 Å². The lowest BCUT2D eigenvalue weighted by atomic mass is 10.1. The second-order valence-electron chi connectivity index (χ2n) is 6.75. The van der Waals surface area contributed by atoms with E-state index in [1.54, 1.807) is 0 Å². The van der Waals surface area contributed by atoms with Crippen LogP contribution in [0.1, 0.15) is 56.6 Å². The predicted octanol–water partition coefficient (Wildman–Crippen LogP) is 2.81. The van der Waals surface area contributed by atoms with Crippen molar-refractivity contribution in [1.29, 1.82) is 0 Å². The average molecular weight is 317 g/mol. The van der Waals surface area contributed by atoms with Gasteiger partial charge in [0.25, 0.3) is 0 Å². The molecule has 1 amide bonds. The van der Waals surface area contributed by atoms with E-state index in [9.17, 15) is 4.79 Å². The Kier molecular flexibility index (Phi) is 7.56. The fraction of sp³-hybridized carbons (Fsp3) is 0.632. The number of amides is 1. The predicted molar refractivity (Wildman–Crippen MR) is 94.9 cm³/mol. The lowest BCUT2D eigenvalue weighted by Crippen LogP contribution is -2.27. The summed E-state index contributed by atoms with van der Waals surface area (Å²) in [5, 5.41) is 3.03. The number of carbonyl (C=O) groups excluding carboxylic acids is 1. The Morgan fingerprint density at radius 2 is 1.83 bits per heavy atom. The fourth-order valence-electron chi connectivity index (χ4n) is 3.06. The van der Waals surface area contributed by atoms with Crippen LogP contribution in [0.2, 0.25) is 0 Å². The Morgan fingerprint density at radius 3 is 2.48 bits per heavy atom. The van der Waals surface area contributed by atoms with Crippen LogP contribution in [0.4, 0.5) is 0 Å². The van der Waals surface area contributed by atoms with Gasteiger partial charge < -0.3 is 11.1 Å². The summed E-state index contributed by atoms with van der Waals surface area (Å²) in [4.78, 5) is 14.4. The Morgan fingerprint density at radius 1 is 1.17 bits per heavy atom. The molecule has 4 heteroatoms. The van der Waals surface area contributed by atoms with Gasteiger partial charge in [-0.3, -0.25) is 9.69 Å². The lowest BCUT2D eigenvalue weighted by Gasteiger charge is -2.21. The third-order valence-corrected chi connectivity index (χ3v) is 4.51. The number of rotatable bonds is 7. The maximum absolute atomic E-state index is 11.9. The molecule has 0 bridgehead atoms. The molecule has 1 fully saturated rings. The lowest BCUT2D eigenvalue weighted by molar-refractivity contribution is -0.121. The van der Waals surface area contributed by atoms with Gasteiger partial charge in [0, 0.05) is 25.6 Å². The summed E-state index contributed by atoms with van der Waals surface area (Å²) in [5.41, 5.74) is 8.27. The van der Waals surface area contributed by atoms with Crippen molar-refractivity contribution < 1.29 is 4.79 Å². The van der Waals surface area contributed by atoms with Crippen LogP contribution >= 0.6 is 0 Å². The molecule has 0 aliphatic carbocycles. The van der Waals surface area contributed by atoms with Crippen LogP contribution in [0.3, 0.4) is 0 Å². The van der Waals surface area contributed by atoms with Crippen molar-refractivity contribution in [2.75, 3.05) is 13.1 Å². The first-order chi connectivity index (χ1) is 11.1. The Bertz CT molecular complexity index is 479. The second kappa shape index (κ2) is 9.68. The summed E-state index contributed by atoms with van der Waals surface area (Å²) in [6.45, 7) is 5.92. The van der Waals surface area contributed by atoms with Gasteiger partial charge in [-0.1, -0.05) is 37.1 Å². The normalized spacial score (nSPS) is 17.5. The number of carbonyl (C=O) groups is 1. The molecule has 1 saturated heterocycles. The number of hydrogen-bond acceptors (Lipinski definition) is 3. The Balaban J connectivity index is 1.87. The minimum atomic E-state index is 0.0797. The first-order valence-electron chi connectivity index (χ1n) is 8.96. The molecule has 4 nitrogen and oxygen atoms in total. The van der Waals surface area contributed by atoms with E-state index < -0.39 is 0 Å². The zero-order valence-corrected chi connectivity index (χ0v) is 14.4. The van der Waals surface area contributed by atoms with Crippen LogP contribution in [0, 0.1) is 0 Å². The highest BCUT2D eigenvalue weighted by atomic mass is 16.1. The number of nitrogens with zero attached hydrogens (tertiary/aromatic N) is 1. The first kappa shape index (κ1) is 18.0. The van der Waals surface area contributed by atoms with E-state index in [-0.39, 0.29) is 11.9 Å². The van der Waals surface area contributed by atoms with Crippen LogP contribution < -0.4 is 11.1 Å². The molecule has 3 N–H and O–H groups in total. The summed E-state index contributed by atoms with van der Waals surface area (Å²) in [6, 6.07) is 8.54. The van der Waals surface area contributed by atoms with Crippen molar-refractivity contribution >= 4 is 5.91 Å². The number of likely N-dealkylation sites (tertiary alicyclic amines) is 1. The average Bonchev–Trinajstić information content (AvgIpc) is 2.81. The van der Waals surface area contributed by atoms with Crippen molar-refractivity contribution in [3.63, 3.8) is 0 Å². The number of nitrogens with one attached hydrogen (secondary N) is 1. The smallest absolute Gasteiger partial charge is 0.220 e. The molecule has 0 aromatic heterocycles. The van der Waals surface area contributed by atoms with Crippen LogP contribution in [0.5, 0.6) is 0 Å². The summed E-state index contributed by atoms with van der Waals surface area (Å²) in [5.74, 6) is 0.0897. The van der Waals surface area contributed by atoms with Crippen molar-refractivity contribution in [3.05, 3.63) is 35.4 Å². The molecule has 0 spiro atoms. The van der Waals surface area contributed by atoms with Gasteiger partial charge in [0.1, 0.15) is 0 Å². The van der Waals surface area contributed by atoms with E-state index >= 15 is 0 Å². The Hall–Kier alpha value is -1.39. The molecule has 1 atom stereocenters.